The van der Waals surface area contributed by atoms with Crippen LogP contribution in [0.1, 0.15) is 53.8 Å². The number of hydrogen-bond acceptors (Lipinski definition) is 7. The van der Waals surface area contributed by atoms with E-state index in [1.807, 2.05) is 0 Å². The molecule has 3 N–H and O–H groups in total. The number of carbonyl (C=O) groups is 4. The molecule has 16 heteroatoms. The van der Waals surface area contributed by atoms with Gasteiger partial charge in [-0.05, 0) is 73.9 Å². The molecule has 1 aromatic heterocycles. The topological polar surface area (TPSA) is 157 Å². The van der Waals surface area contributed by atoms with Gasteiger partial charge in [0.05, 0.1) is 24.0 Å². The number of ether oxygens (including phenoxy) is 1. The maximum absolute atomic E-state index is 14.3. The van der Waals surface area contributed by atoms with Gasteiger partial charge in [-0.2, -0.15) is 8.78 Å². The Morgan fingerprint density at radius 3 is 2.45 bits per heavy atom. The maximum atomic E-state index is 14.3. The Morgan fingerprint density at radius 2 is 1.70 bits per heavy atom. The van der Waals surface area contributed by atoms with E-state index in [4.69, 9.17) is 14.5 Å². The molecule has 0 bridgehead atoms. The van der Waals surface area contributed by atoms with E-state index < -0.39 is 36.8 Å². The van der Waals surface area contributed by atoms with Gasteiger partial charge in [0.1, 0.15) is 12.1 Å². The summed E-state index contributed by atoms with van der Waals surface area (Å²) < 4.78 is 45.8. The number of fused-ring (bicyclic) bond motifs is 3. The minimum atomic E-state index is -5.76. The fourth-order valence-corrected chi connectivity index (χ4v) is 9.21. The van der Waals surface area contributed by atoms with Crippen LogP contribution in [0, 0.1) is 17.8 Å². The van der Waals surface area contributed by atoms with Crippen LogP contribution in [0.25, 0.3) is 10.1 Å². The number of alkyl halides is 2. The van der Waals surface area contributed by atoms with Crippen molar-refractivity contribution >= 4 is 52.6 Å². The van der Waals surface area contributed by atoms with Crippen LogP contribution in [0.5, 0.6) is 0 Å². The fourth-order valence-electron chi connectivity index (χ4n) is 7.79. The van der Waals surface area contributed by atoms with Crippen molar-refractivity contribution in [2.75, 3.05) is 39.4 Å². The highest BCUT2D eigenvalue weighted by atomic mass is 32.1. The second kappa shape index (κ2) is 12.2. The monoisotopic (exact) mass is 694 g/mol. The molecule has 7 rings (SSSR count). The third-order valence-corrected chi connectivity index (χ3v) is 12.6. The predicted octanol–water partition coefficient (Wildman–Crippen LogP) is 2.72. The first-order valence-corrected chi connectivity index (χ1v) is 18.5. The van der Waals surface area contributed by atoms with Gasteiger partial charge >= 0.3 is 13.3 Å². The molecule has 4 amide bonds. The van der Waals surface area contributed by atoms with Crippen LogP contribution in [-0.2, 0) is 29.3 Å². The number of carbonyl (C=O) groups excluding carboxylic acids is 4. The molecule has 5 heterocycles. The van der Waals surface area contributed by atoms with E-state index in [0.29, 0.717) is 75.7 Å². The van der Waals surface area contributed by atoms with Crippen molar-refractivity contribution in [1.82, 2.24) is 20.0 Å². The van der Waals surface area contributed by atoms with Crippen LogP contribution in [-0.4, -0.2) is 106 Å². The summed E-state index contributed by atoms with van der Waals surface area (Å²) in [6.45, 7) is 2.85. The Hall–Kier alpha value is -2.97. The number of nitrogens with zero attached hydrogens (tertiary/aromatic N) is 3. The van der Waals surface area contributed by atoms with Crippen LogP contribution in [0.15, 0.2) is 24.3 Å². The van der Waals surface area contributed by atoms with Crippen LogP contribution in [0.3, 0.4) is 0 Å². The molecule has 1 aromatic carbocycles. The van der Waals surface area contributed by atoms with Gasteiger partial charge in [-0.1, -0.05) is 6.07 Å². The van der Waals surface area contributed by atoms with Gasteiger partial charge in [-0.15, -0.1) is 11.3 Å². The predicted molar refractivity (Wildman–Crippen MR) is 166 cm³/mol. The smallest absolute Gasteiger partial charge is 0.378 e. The Bertz CT molecular complexity index is 1660. The molecule has 4 aliphatic heterocycles. The summed E-state index contributed by atoms with van der Waals surface area (Å²) in [4.78, 5) is 78.2. The Kier molecular flexibility index (Phi) is 8.43. The molecule has 47 heavy (non-hydrogen) atoms. The Labute approximate surface area is 273 Å². The van der Waals surface area contributed by atoms with Crippen molar-refractivity contribution in [2.24, 2.45) is 17.8 Å². The van der Waals surface area contributed by atoms with Gasteiger partial charge in [0, 0.05) is 42.5 Å². The minimum Gasteiger partial charge on any atom is -0.378 e. The Balaban J connectivity index is 1.06. The van der Waals surface area contributed by atoms with Gasteiger partial charge in [0.25, 0.3) is 5.91 Å². The van der Waals surface area contributed by atoms with Crippen molar-refractivity contribution in [2.45, 2.75) is 62.3 Å². The third-order valence-electron chi connectivity index (χ3n) is 10.5. The van der Waals surface area contributed by atoms with Crippen molar-refractivity contribution in [3.8, 4) is 0 Å². The lowest BCUT2D eigenvalue weighted by Crippen LogP contribution is -2.57. The highest BCUT2D eigenvalue weighted by molar-refractivity contribution is 7.52. The minimum absolute atomic E-state index is 0.0331. The lowest BCUT2D eigenvalue weighted by Gasteiger charge is -2.36. The number of halogens is 2. The lowest BCUT2D eigenvalue weighted by molar-refractivity contribution is -0.147. The average Bonchev–Trinajstić information content (AvgIpc) is 3.43. The average molecular weight is 695 g/mol. The number of thiophene rings is 1. The van der Waals surface area contributed by atoms with Crippen molar-refractivity contribution < 1.29 is 47.0 Å². The first-order chi connectivity index (χ1) is 22.3. The third kappa shape index (κ3) is 6.09. The molecule has 0 spiro atoms. The molecule has 5 fully saturated rings. The fraction of sp³-hybridized carbons (Fsp3) is 0.613. The summed E-state index contributed by atoms with van der Waals surface area (Å²) >= 11 is 1.02. The van der Waals surface area contributed by atoms with Gasteiger partial charge in [0.15, 0.2) is 0 Å². The van der Waals surface area contributed by atoms with Gasteiger partial charge in [-0.3, -0.25) is 23.7 Å². The summed E-state index contributed by atoms with van der Waals surface area (Å²) in [5.41, 5.74) is -5.24. The van der Waals surface area contributed by atoms with E-state index in [2.05, 4.69) is 5.32 Å². The molecule has 12 nitrogen and oxygen atoms in total. The molecule has 5 aliphatic rings. The second-order valence-corrected chi connectivity index (χ2v) is 16.1. The van der Waals surface area contributed by atoms with Gasteiger partial charge < -0.3 is 34.5 Å². The number of likely N-dealkylation sites (tertiary alicyclic amines) is 1. The first-order valence-electron chi connectivity index (χ1n) is 16.1. The summed E-state index contributed by atoms with van der Waals surface area (Å²) in [6, 6.07) is 2.89. The quantitative estimate of drug-likeness (QED) is 0.390. The molecular formula is C31H37F2N4O8PS. The number of rotatable bonds is 6. The van der Waals surface area contributed by atoms with Gasteiger partial charge in [-0.25, -0.2) is 0 Å². The molecule has 1 aliphatic carbocycles. The van der Waals surface area contributed by atoms with E-state index in [1.165, 1.54) is 12.1 Å². The second-order valence-electron chi connectivity index (χ2n) is 13.4. The van der Waals surface area contributed by atoms with E-state index in [1.54, 1.807) is 14.7 Å². The lowest BCUT2D eigenvalue weighted by atomic mass is 9.99. The number of benzene rings is 1. The zero-order valence-corrected chi connectivity index (χ0v) is 27.3. The first kappa shape index (κ1) is 32.6. The molecule has 6 atom stereocenters. The normalized spacial score (nSPS) is 29.7. The van der Waals surface area contributed by atoms with Crippen LogP contribution >= 0.6 is 18.9 Å². The van der Waals surface area contributed by atoms with Crippen LogP contribution in [0.2, 0.25) is 0 Å². The largest absolute Gasteiger partial charge is 0.399 e. The van der Waals surface area contributed by atoms with Crippen molar-refractivity contribution in [1.29, 1.82) is 0 Å². The zero-order chi connectivity index (χ0) is 33.2. The van der Waals surface area contributed by atoms with E-state index in [9.17, 15) is 32.5 Å². The van der Waals surface area contributed by atoms with Crippen LogP contribution in [0.4, 0.5) is 8.78 Å². The van der Waals surface area contributed by atoms with Crippen LogP contribution < -0.4 is 5.32 Å². The molecule has 4 saturated heterocycles. The summed E-state index contributed by atoms with van der Waals surface area (Å²) in [5, 5.41) is 3.08. The zero-order valence-electron chi connectivity index (χ0n) is 25.6. The molecule has 2 aromatic rings. The molecular weight excluding hydrogens is 657 g/mol. The summed E-state index contributed by atoms with van der Waals surface area (Å²) in [7, 11) is -5.76. The SMILES string of the molecule is O=C(N[C@H]1C[C@@H]2C[C@@H]2C[C@H]2CC[C@@H](C(=O)N3CC[C@@H](C(=O)N4CCOCC4)C3)N2C1=O)c1cc2cc(C(F)(F)P(=O)(O)O)ccc2s1. The number of amides is 4. The van der Waals surface area contributed by atoms with Crippen molar-refractivity contribution in [3.05, 3.63) is 34.7 Å². The molecule has 0 radical (unpaired) electrons. The maximum Gasteiger partial charge on any atom is 0.399 e. The standard InChI is InChI=1S/C31H37F2N4O8PS/c32-31(33,46(42,43)44)21-1-4-25-20(12-21)15-26(47-25)27(38)34-23-14-19-11-18(19)13-22-2-3-24(37(22)29(23)40)30(41)36-6-5-17(16-36)28(39)35-7-9-45-10-8-35/h1,4,12,15,17-19,22-24H,2-3,5-11,13-14,16H2,(H,34,38)(H2,42,43,44)/t17-,18-,19+,22-,23+,24+/m1/s1. The molecule has 0 unspecified atom stereocenters. The summed E-state index contributed by atoms with van der Waals surface area (Å²) in [6.07, 6.45) is 3.97. The molecule has 1 saturated carbocycles. The Morgan fingerprint density at radius 1 is 0.957 bits per heavy atom. The van der Waals surface area contributed by atoms with E-state index >= 15 is 0 Å². The number of nitrogens with one attached hydrogen (secondary N) is 1. The number of morpholine rings is 1. The molecule has 254 valence electrons. The number of hydrogen-bond donors (Lipinski definition) is 3. The van der Waals surface area contributed by atoms with E-state index in [0.717, 1.165) is 36.3 Å². The summed E-state index contributed by atoms with van der Waals surface area (Å²) in [5.74, 6) is -0.593. The highest BCUT2D eigenvalue weighted by Gasteiger charge is 2.53. The van der Waals surface area contributed by atoms with Gasteiger partial charge in [0.2, 0.25) is 17.7 Å². The van der Waals surface area contributed by atoms with Crippen molar-refractivity contribution in [3.63, 3.8) is 0 Å². The highest BCUT2D eigenvalue weighted by Crippen LogP contribution is 2.59. The van der Waals surface area contributed by atoms with E-state index in [-0.39, 0.29) is 45.9 Å².